The van der Waals surface area contributed by atoms with Gasteiger partial charge in [0.25, 0.3) is 0 Å². The standard InChI is InChI=1S/C14H21BrN4S/c1-16-14(17-7-13-6-10(15)9-20-13)18-11-4-5-19(8-11)12-2-3-12/h6,9,11-12H,2-5,7-8H2,1H3,(H2,16,17,18). The molecule has 2 heterocycles. The molecule has 1 aliphatic carbocycles. The number of likely N-dealkylation sites (tertiary alicyclic amines) is 1. The summed E-state index contributed by atoms with van der Waals surface area (Å²) in [5.41, 5.74) is 0. The second-order valence-corrected chi connectivity index (χ2v) is 7.42. The summed E-state index contributed by atoms with van der Waals surface area (Å²) in [5.74, 6) is 0.914. The Hall–Kier alpha value is -0.590. The summed E-state index contributed by atoms with van der Waals surface area (Å²) >= 11 is 5.24. The van der Waals surface area contributed by atoms with Crippen LogP contribution in [0.2, 0.25) is 0 Å². The molecule has 0 amide bonds. The van der Waals surface area contributed by atoms with Gasteiger partial charge in [-0.25, -0.2) is 0 Å². The molecule has 3 rings (SSSR count). The van der Waals surface area contributed by atoms with Crippen molar-refractivity contribution >= 4 is 33.2 Å². The van der Waals surface area contributed by atoms with E-state index in [9.17, 15) is 0 Å². The zero-order valence-corrected chi connectivity index (χ0v) is 14.1. The molecule has 0 spiro atoms. The Kier molecular flexibility index (Phi) is 4.63. The van der Waals surface area contributed by atoms with Crippen LogP contribution in [0, 0.1) is 0 Å². The molecule has 4 nitrogen and oxygen atoms in total. The number of hydrogen-bond donors (Lipinski definition) is 2. The molecule has 1 saturated heterocycles. The van der Waals surface area contributed by atoms with Gasteiger partial charge in [-0.3, -0.25) is 9.89 Å². The fourth-order valence-corrected chi connectivity index (χ4v) is 4.07. The molecule has 2 aliphatic rings. The second kappa shape index (κ2) is 6.45. The van der Waals surface area contributed by atoms with Crippen LogP contribution >= 0.6 is 27.3 Å². The van der Waals surface area contributed by atoms with Crippen LogP contribution in [0.15, 0.2) is 20.9 Å². The first kappa shape index (κ1) is 14.4. The van der Waals surface area contributed by atoms with Gasteiger partial charge in [-0.05, 0) is 41.3 Å². The van der Waals surface area contributed by atoms with Gasteiger partial charge >= 0.3 is 0 Å². The van der Waals surface area contributed by atoms with Gasteiger partial charge in [-0.1, -0.05) is 0 Å². The highest BCUT2D eigenvalue weighted by Gasteiger charge is 2.34. The first-order valence-electron chi connectivity index (χ1n) is 7.19. The van der Waals surface area contributed by atoms with Crippen LogP contribution in [0.4, 0.5) is 0 Å². The summed E-state index contributed by atoms with van der Waals surface area (Å²) in [4.78, 5) is 8.25. The minimum absolute atomic E-state index is 0.539. The average Bonchev–Trinajstić information content (AvgIpc) is 3.06. The van der Waals surface area contributed by atoms with Crippen molar-refractivity contribution in [1.82, 2.24) is 15.5 Å². The summed E-state index contributed by atoms with van der Waals surface area (Å²) < 4.78 is 1.15. The van der Waals surface area contributed by atoms with Crippen LogP contribution in [0.3, 0.4) is 0 Å². The normalized spacial score (nSPS) is 24.1. The van der Waals surface area contributed by atoms with E-state index in [1.165, 1.54) is 30.7 Å². The molecule has 1 aromatic heterocycles. The molecule has 1 atom stereocenters. The molecular weight excluding hydrogens is 336 g/mol. The summed E-state index contributed by atoms with van der Waals surface area (Å²) in [7, 11) is 1.84. The number of hydrogen-bond acceptors (Lipinski definition) is 3. The SMILES string of the molecule is CN=C(NCc1cc(Br)cs1)NC1CCN(C2CC2)C1. The van der Waals surface area contributed by atoms with Gasteiger partial charge in [0.2, 0.25) is 0 Å². The molecule has 0 bridgehead atoms. The molecule has 2 N–H and O–H groups in total. The van der Waals surface area contributed by atoms with Crippen LogP contribution in [0.1, 0.15) is 24.1 Å². The lowest BCUT2D eigenvalue weighted by atomic mass is 10.3. The van der Waals surface area contributed by atoms with Crippen molar-refractivity contribution in [2.75, 3.05) is 20.1 Å². The van der Waals surface area contributed by atoms with E-state index in [2.05, 4.69) is 47.9 Å². The van der Waals surface area contributed by atoms with Crippen molar-refractivity contribution in [3.8, 4) is 0 Å². The maximum atomic E-state index is 4.33. The van der Waals surface area contributed by atoms with Gasteiger partial charge in [-0.2, -0.15) is 0 Å². The topological polar surface area (TPSA) is 39.7 Å². The van der Waals surface area contributed by atoms with E-state index in [1.54, 1.807) is 11.3 Å². The zero-order valence-electron chi connectivity index (χ0n) is 11.7. The Bertz CT molecular complexity index is 483. The molecule has 1 saturated carbocycles. The fraction of sp³-hybridized carbons (Fsp3) is 0.643. The molecule has 110 valence electrons. The summed E-state index contributed by atoms with van der Waals surface area (Å²) in [5, 5.41) is 9.05. The third-order valence-electron chi connectivity index (χ3n) is 3.90. The number of halogens is 1. The van der Waals surface area contributed by atoms with Crippen LogP contribution in [-0.2, 0) is 6.54 Å². The molecule has 0 aromatic carbocycles. The predicted molar refractivity (Wildman–Crippen MR) is 88.4 cm³/mol. The van der Waals surface area contributed by atoms with E-state index >= 15 is 0 Å². The molecule has 20 heavy (non-hydrogen) atoms. The third kappa shape index (κ3) is 3.74. The first-order valence-corrected chi connectivity index (χ1v) is 8.86. The predicted octanol–water partition coefficient (Wildman–Crippen LogP) is 2.41. The van der Waals surface area contributed by atoms with Crippen molar-refractivity contribution in [2.45, 2.75) is 37.9 Å². The molecular formula is C14H21BrN4S. The smallest absolute Gasteiger partial charge is 0.191 e. The van der Waals surface area contributed by atoms with Gasteiger partial charge < -0.3 is 10.6 Å². The van der Waals surface area contributed by atoms with Crippen molar-refractivity contribution in [1.29, 1.82) is 0 Å². The van der Waals surface area contributed by atoms with Crippen molar-refractivity contribution in [3.05, 3.63) is 20.8 Å². The lowest BCUT2D eigenvalue weighted by molar-refractivity contribution is 0.321. The Morgan fingerprint density at radius 2 is 2.35 bits per heavy atom. The molecule has 1 aromatic rings. The maximum Gasteiger partial charge on any atom is 0.191 e. The number of aliphatic imine (C=N–C) groups is 1. The minimum atomic E-state index is 0.539. The summed E-state index contributed by atoms with van der Waals surface area (Å²) in [6.07, 6.45) is 4.02. The highest BCUT2D eigenvalue weighted by atomic mass is 79.9. The van der Waals surface area contributed by atoms with Gasteiger partial charge in [0.1, 0.15) is 0 Å². The first-order chi connectivity index (χ1) is 9.74. The van der Waals surface area contributed by atoms with Gasteiger partial charge in [0.05, 0.1) is 6.54 Å². The fourth-order valence-electron chi connectivity index (χ4n) is 2.68. The van der Waals surface area contributed by atoms with Crippen molar-refractivity contribution < 1.29 is 0 Å². The highest BCUT2D eigenvalue weighted by Crippen LogP contribution is 2.29. The second-order valence-electron chi connectivity index (χ2n) is 5.51. The molecule has 1 aliphatic heterocycles. The van der Waals surface area contributed by atoms with E-state index < -0.39 is 0 Å². The highest BCUT2D eigenvalue weighted by molar-refractivity contribution is 9.10. The van der Waals surface area contributed by atoms with Crippen LogP contribution in [0.5, 0.6) is 0 Å². The molecule has 6 heteroatoms. The molecule has 2 fully saturated rings. The number of nitrogens with one attached hydrogen (secondary N) is 2. The number of thiophene rings is 1. The number of guanidine groups is 1. The summed E-state index contributed by atoms with van der Waals surface area (Å²) in [6.45, 7) is 3.22. The van der Waals surface area contributed by atoms with E-state index in [4.69, 9.17) is 0 Å². The Labute approximate surface area is 132 Å². The maximum absolute atomic E-state index is 4.33. The molecule has 0 radical (unpaired) electrons. The largest absolute Gasteiger partial charge is 0.352 e. The third-order valence-corrected chi connectivity index (χ3v) is 5.60. The lowest BCUT2D eigenvalue weighted by Gasteiger charge is -2.18. The number of rotatable bonds is 4. The lowest BCUT2D eigenvalue weighted by Crippen LogP contribution is -2.44. The van der Waals surface area contributed by atoms with Crippen LogP contribution in [0.25, 0.3) is 0 Å². The minimum Gasteiger partial charge on any atom is -0.352 e. The van der Waals surface area contributed by atoms with Crippen LogP contribution < -0.4 is 10.6 Å². The van der Waals surface area contributed by atoms with E-state index in [0.29, 0.717) is 6.04 Å². The Morgan fingerprint density at radius 3 is 3.00 bits per heavy atom. The van der Waals surface area contributed by atoms with Gasteiger partial charge in [0, 0.05) is 47.0 Å². The van der Waals surface area contributed by atoms with Crippen molar-refractivity contribution in [2.24, 2.45) is 4.99 Å². The van der Waals surface area contributed by atoms with Crippen molar-refractivity contribution in [3.63, 3.8) is 0 Å². The average molecular weight is 357 g/mol. The monoisotopic (exact) mass is 356 g/mol. The summed E-state index contributed by atoms with van der Waals surface area (Å²) in [6, 6.07) is 3.56. The van der Waals surface area contributed by atoms with Crippen LogP contribution in [-0.4, -0.2) is 43.1 Å². The Balaban J connectivity index is 1.45. The van der Waals surface area contributed by atoms with E-state index in [-0.39, 0.29) is 0 Å². The van der Waals surface area contributed by atoms with Gasteiger partial charge in [0.15, 0.2) is 5.96 Å². The van der Waals surface area contributed by atoms with E-state index in [0.717, 1.165) is 29.6 Å². The number of nitrogens with zero attached hydrogens (tertiary/aromatic N) is 2. The Morgan fingerprint density at radius 1 is 1.50 bits per heavy atom. The van der Waals surface area contributed by atoms with Gasteiger partial charge in [-0.15, -0.1) is 11.3 Å². The quantitative estimate of drug-likeness (QED) is 0.642. The van der Waals surface area contributed by atoms with E-state index in [1.807, 2.05) is 7.05 Å². The zero-order chi connectivity index (χ0) is 13.9. The molecule has 1 unspecified atom stereocenters.